The molecule has 15 heavy (non-hydrogen) atoms. The van der Waals surface area contributed by atoms with Crippen LogP contribution in [0.1, 0.15) is 31.0 Å². The van der Waals surface area contributed by atoms with E-state index in [1.807, 2.05) is 6.92 Å². The van der Waals surface area contributed by atoms with E-state index in [-0.39, 0.29) is 0 Å². The first-order valence-electron chi connectivity index (χ1n) is 5.72. The largest absolute Gasteiger partial charge is 0.379 e. The molecule has 1 aliphatic carbocycles. The Balaban J connectivity index is 1.83. The normalized spacial score (nSPS) is 25.8. The van der Waals surface area contributed by atoms with Gasteiger partial charge in [-0.2, -0.15) is 0 Å². The van der Waals surface area contributed by atoms with Crippen molar-refractivity contribution in [2.75, 3.05) is 18.5 Å². The maximum atomic E-state index is 5.42. The first-order valence-corrected chi connectivity index (χ1v) is 5.72. The zero-order valence-corrected chi connectivity index (χ0v) is 9.07. The van der Waals surface area contributed by atoms with Gasteiger partial charge >= 0.3 is 0 Å². The zero-order chi connectivity index (χ0) is 10.3. The Bertz CT molecular complexity index is 351. The summed E-state index contributed by atoms with van der Waals surface area (Å²) in [4.78, 5) is 4.53. The first-order chi connectivity index (χ1) is 7.33. The van der Waals surface area contributed by atoms with E-state index in [4.69, 9.17) is 4.74 Å². The summed E-state index contributed by atoms with van der Waals surface area (Å²) in [5.41, 5.74) is 1.09. The maximum Gasteiger partial charge on any atom is 0.203 e. The molecule has 0 aromatic carbocycles. The molecule has 2 heterocycles. The lowest BCUT2D eigenvalue weighted by atomic mass is 10.2. The summed E-state index contributed by atoms with van der Waals surface area (Å²) < 4.78 is 7.67. The fourth-order valence-electron chi connectivity index (χ4n) is 2.05. The Kier molecular flexibility index (Phi) is 2.16. The smallest absolute Gasteiger partial charge is 0.203 e. The summed E-state index contributed by atoms with van der Waals surface area (Å²) in [5.74, 6) is 1.03. The number of anilines is 1. The number of nitrogens with one attached hydrogen (secondary N) is 1. The molecule has 1 saturated carbocycles. The van der Waals surface area contributed by atoms with Crippen molar-refractivity contribution in [3.8, 4) is 0 Å². The highest BCUT2D eigenvalue weighted by Gasteiger charge is 2.26. The average molecular weight is 207 g/mol. The Labute approximate surface area is 89.6 Å². The van der Waals surface area contributed by atoms with Gasteiger partial charge in [0.2, 0.25) is 5.95 Å². The minimum absolute atomic E-state index is 0.479. The van der Waals surface area contributed by atoms with E-state index in [9.17, 15) is 0 Å². The molecule has 1 atom stereocenters. The van der Waals surface area contributed by atoms with Gasteiger partial charge < -0.3 is 14.6 Å². The number of nitrogens with zero attached hydrogens (tertiary/aromatic N) is 2. The van der Waals surface area contributed by atoms with Gasteiger partial charge in [-0.1, -0.05) is 0 Å². The van der Waals surface area contributed by atoms with Crippen molar-refractivity contribution in [3.63, 3.8) is 0 Å². The molecule has 0 bridgehead atoms. The molecule has 0 radical (unpaired) electrons. The van der Waals surface area contributed by atoms with Gasteiger partial charge in [0.15, 0.2) is 0 Å². The number of imidazole rings is 1. The molecule has 2 aliphatic rings. The molecule has 4 heteroatoms. The molecule has 82 valence electrons. The fourth-order valence-corrected chi connectivity index (χ4v) is 2.05. The third kappa shape index (κ3) is 1.86. The quantitative estimate of drug-likeness (QED) is 0.820. The number of hydrogen-bond donors (Lipinski definition) is 1. The Morgan fingerprint density at radius 1 is 1.47 bits per heavy atom. The third-order valence-corrected chi connectivity index (χ3v) is 3.06. The van der Waals surface area contributed by atoms with Crippen LogP contribution in [0.3, 0.4) is 0 Å². The number of hydrogen-bond acceptors (Lipinski definition) is 3. The van der Waals surface area contributed by atoms with Gasteiger partial charge in [0.1, 0.15) is 0 Å². The van der Waals surface area contributed by atoms with Crippen LogP contribution in [0, 0.1) is 6.92 Å². The third-order valence-electron chi connectivity index (χ3n) is 3.06. The Morgan fingerprint density at radius 3 is 3.00 bits per heavy atom. The van der Waals surface area contributed by atoms with Crippen LogP contribution in [-0.2, 0) is 4.74 Å². The van der Waals surface area contributed by atoms with E-state index in [1.165, 1.54) is 12.8 Å². The van der Waals surface area contributed by atoms with E-state index in [2.05, 4.69) is 21.1 Å². The monoisotopic (exact) mass is 207 g/mol. The van der Waals surface area contributed by atoms with E-state index in [1.54, 1.807) is 0 Å². The van der Waals surface area contributed by atoms with Crippen LogP contribution in [0.25, 0.3) is 0 Å². The molecule has 3 rings (SSSR count). The van der Waals surface area contributed by atoms with E-state index in [0.29, 0.717) is 12.1 Å². The molecule has 0 amide bonds. The molecule has 4 nitrogen and oxygen atoms in total. The van der Waals surface area contributed by atoms with Gasteiger partial charge in [-0.05, 0) is 26.2 Å². The molecule has 0 spiro atoms. The van der Waals surface area contributed by atoms with Crippen molar-refractivity contribution in [1.82, 2.24) is 9.55 Å². The predicted octanol–water partition coefficient (Wildman–Crippen LogP) is 1.73. The lowest BCUT2D eigenvalue weighted by molar-refractivity contribution is 0.187. The van der Waals surface area contributed by atoms with Gasteiger partial charge in [0.05, 0.1) is 18.3 Å². The van der Waals surface area contributed by atoms with Crippen LogP contribution < -0.4 is 5.32 Å². The van der Waals surface area contributed by atoms with Gasteiger partial charge in [0.25, 0.3) is 0 Å². The second-order valence-corrected chi connectivity index (χ2v) is 4.55. The van der Waals surface area contributed by atoms with Gasteiger partial charge in [-0.3, -0.25) is 0 Å². The molecular formula is C11H17N3O. The molecule has 1 saturated heterocycles. The molecule has 1 aromatic rings. The summed E-state index contributed by atoms with van der Waals surface area (Å²) >= 11 is 0. The van der Waals surface area contributed by atoms with Gasteiger partial charge in [0, 0.05) is 18.8 Å². The topological polar surface area (TPSA) is 39.1 Å². The fraction of sp³-hybridized carbons (Fsp3) is 0.727. The molecular weight excluding hydrogens is 190 g/mol. The lowest BCUT2D eigenvalue weighted by Gasteiger charge is -2.13. The number of aryl methyl sites for hydroxylation is 1. The second kappa shape index (κ2) is 3.52. The summed E-state index contributed by atoms with van der Waals surface area (Å²) in [7, 11) is 0. The SMILES string of the molecule is Cc1cn(C2CCOC2)c(NC2CC2)n1. The minimum atomic E-state index is 0.479. The van der Waals surface area contributed by atoms with Crippen LogP contribution in [0.5, 0.6) is 0 Å². The molecule has 2 fully saturated rings. The predicted molar refractivity (Wildman–Crippen MR) is 58.1 cm³/mol. The highest BCUT2D eigenvalue weighted by atomic mass is 16.5. The van der Waals surface area contributed by atoms with E-state index in [0.717, 1.165) is 31.3 Å². The summed E-state index contributed by atoms with van der Waals surface area (Å²) in [6, 6.07) is 1.14. The van der Waals surface area contributed by atoms with Gasteiger partial charge in [-0.25, -0.2) is 4.98 Å². The van der Waals surface area contributed by atoms with E-state index >= 15 is 0 Å². The van der Waals surface area contributed by atoms with Crippen molar-refractivity contribution >= 4 is 5.95 Å². The molecule has 1 aliphatic heterocycles. The second-order valence-electron chi connectivity index (χ2n) is 4.55. The zero-order valence-electron chi connectivity index (χ0n) is 9.07. The standard InChI is InChI=1S/C11H17N3O/c1-8-6-14(10-4-5-15-7-10)11(12-8)13-9-2-3-9/h6,9-10H,2-5,7H2,1H3,(H,12,13). The number of ether oxygens (including phenoxy) is 1. The van der Waals surface area contributed by atoms with Crippen LogP contribution in [0.4, 0.5) is 5.95 Å². The van der Waals surface area contributed by atoms with Crippen molar-refractivity contribution in [3.05, 3.63) is 11.9 Å². The lowest BCUT2D eigenvalue weighted by Crippen LogP contribution is -2.14. The Morgan fingerprint density at radius 2 is 2.33 bits per heavy atom. The van der Waals surface area contributed by atoms with E-state index < -0.39 is 0 Å². The van der Waals surface area contributed by atoms with Crippen LogP contribution >= 0.6 is 0 Å². The maximum absolute atomic E-state index is 5.42. The van der Waals surface area contributed by atoms with Crippen LogP contribution in [-0.4, -0.2) is 28.8 Å². The highest BCUT2D eigenvalue weighted by molar-refractivity contribution is 5.33. The molecule has 1 aromatic heterocycles. The van der Waals surface area contributed by atoms with Crippen LogP contribution in [0.2, 0.25) is 0 Å². The molecule has 1 unspecified atom stereocenters. The average Bonchev–Trinajstić information content (AvgIpc) is 2.75. The number of rotatable bonds is 3. The minimum Gasteiger partial charge on any atom is -0.379 e. The van der Waals surface area contributed by atoms with Crippen LogP contribution in [0.15, 0.2) is 6.20 Å². The number of aromatic nitrogens is 2. The summed E-state index contributed by atoms with van der Waals surface area (Å²) in [5, 5.41) is 3.48. The van der Waals surface area contributed by atoms with Crippen molar-refractivity contribution in [1.29, 1.82) is 0 Å². The summed E-state index contributed by atoms with van der Waals surface area (Å²) in [6.07, 6.45) is 5.80. The molecule has 1 N–H and O–H groups in total. The first kappa shape index (κ1) is 9.21. The Hall–Kier alpha value is -1.03. The van der Waals surface area contributed by atoms with Crippen molar-refractivity contribution in [2.24, 2.45) is 0 Å². The van der Waals surface area contributed by atoms with Crippen molar-refractivity contribution < 1.29 is 4.74 Å². The van der Waals surface area contributed by atoms with Crippen molar-refractivity contribution in [2.45, 2.75) is 38.3 Å². The summed E-state index contributed by atoms with van der Waals surface area (Å²) in [6.45, 7) is 3.75. The van der Waals surface area contributed by atoms with Gasteiger partial charge in [-0.15, -0.1) is 0 Å². The highest BCUT2D eigenvalue weighted by Crippen LogP contribution is 2.28.